The van der Waals surface area contributed by atoms with E-state index in [2.05, 4.69) is 15.5 Å². The number of carbonyl (C=O) groups excluding carboxylic acids is 2. The van der Waals surface area contributed by atoms with Gasteiger partial charge in [0, 0.05) is 47.5 Å². The summed E-state index contributed by atoms with van der Waals surface area (Å²) in [5, 5.41) is 37.4. The van der Waals surface area contributed by atoms with Crippen molar-refractivity contribution in [3.05, 3.63) is 76.8 Å². The number of hydrogen-bond acceptors (Lipinski definition) is 8. The summed E-state index contributed by atoms with van der Waals surface area (Å²) in [6.45, 7) is 5.60. The third-order valence-electron chi connectivity index (χ3n) is 6.47. The number of aromatic nitrogens is 3. The maximum Gasteiger partial charge on any atom is 0.251 e. The highest BCUT2D eigenvalue weighted by Crippen LogP contribution is 2.44. The average Bonchev–Trinajstić information content (AvgIpc) is 3.48. The molecule has 10 nitrogen and oxygen atoms in total. The SMILES string of the molecule is CCC(CC)c1c(C(=O)c2ccc(C(=O)NCCO)cc2)c(O)c(O)n1-c1ccc(-c2noc(C)n2)cc1. The fourth-order valence-corrected chi connectivity index (χ4v) is 4.48. The first-order valence-corrected chi connectivity index (χ1v) is 12.4. The maximum absolute atomic E-state index is 13.7. The fraction of sp³-hybridized carbons (Fsp3) is 0.286. The number of aromatic hydroxyl groups is 2. The van der Waals surface area contributed by atoms with Crippen molar-refractivity contribution in [1.82, 2.24) is 20.0 Å². The van der Waals surface area contributed by atoms with Crippen LogP contribution in [0.1, 0.15) is 70.5 Å². The molecule has 0 spiro atoms. The van der Waals surface area contributed by atoms with Crippen LogP contribution >= 0.6 is 0 Å². The lowest BCUT2D eigenvalue weighted by atomic mass is 9.92. The largest absolute Gasteiger partial charge is 0.503 e. The van der Waals surface area contributed by atoms with E-state index in [0.717, 1.165) is 0 Å². The van der Waals surface area contributed by atoms with E-state index in [4.69, 9.17) is 9.63 Å². The number of aryl methyl sites for hydroxylation is 1. The maximum atomic E-state index is 13.7. The summed E-state index contributed by atoms with van der Waals surface area (Å²) < 4.78 is 6.55. The van der Waals surface area contributed by atoms with Crippen LogP contribution in [0.25, 0.3) is 17.1 Å². The fourth-order valence-electron chi connectivity index (χ4n) is 4.48. The molecule has 0 radical (unpaired) electrons. The first kappa shape index (κ1) is 26.6. The molecule has 2 heterocycles. The molecule has 0 unspecified atom stereocenters. The van der Waals surface area contributed by atoms with Gasteiger partial charge in [0.15, 0.2) is 11.5 Å². The van der Waals surface area contributed by atoms with Gasteiger partial charge in [-0.2, -0.15) is 4.98 Å². The van der Waals surface area contributed by atoms with Gasteiger partial charge >= 0.3 is 0 Å². The molecule has 198 valence electrons. The van der Waals surface area contributed by atoms with Crippen molar-refractivity contribution in [2.45, 2.75) is 39.5 Å². The number of hydrogen-bond donors (Lipinski definition) is 4. The summed E-state index contributed by atoms with van der Waals surface area (Å²) in [6.07, 6.45) is 1.34. The minimum absolute atomic E-state index is 0.0200. The van der Waals surface area contributed by atoms with Crippen molar-refractivity contribution < 1.29 is 29.4 Å². The summed E-state index contributed by atoms with van der Waals surface area (Å²) in [5.74, 6) is -1.04. The Morgan fingerprint density at radius 2 is 1.63 bits per heavy atom. The second-order valence-electron chi connectivity index (χ2n) is 8.85. The average molecular weight is 519 g/mol. The van der Waals surface area contributed by atoms with Crippen molar-refractivity contribution in [1.29, 1.82) is 0 Å². The van der Waals surface area contributed by atoms with Gasteiger partial charge in [-0.05, 0) is 49.2 Å². The Morgan fingerprint density at radius 1 is 1.00 bits per heavy atom. The number of nitrogens with one attached hydrogen (secondary N) is 1. The first-order valence-electron chi connectivity index (χ1n) is 12.4. The molecule has 0 saturated heterocycles. The van der Waals surface area contributed by atoms with Crippen molar-refractivity contribution in [3.8, 4) is 28.7 Å². The van der Waals surface area contributed by atoms with Crippen LogP contribution in [0.5, 0.6) is 11.6 Å². The molecular weight excluding hydrogens is 488 g/mol. The number of benzene rings is 2. The summed E-state index contributed by atoms with van der Waals surface area (Å²) in [4.78, 5) is 30.0. The van der Waals surface area contributed by atoms with Gasteiger partial charge in [0.05, 0.1) is 12.2 Å². The molecular formula is C28H30N4O6. The van der Waals surface area contributed by atoms with Crippen LogP contribution in [-0.2, 0) is 0 Å². The molecule has 38 heavy (non-hydrogen) atoms. The summed E-state index contributed by atoms with van der Waals surface area (Å²) >= 11 is 0. The summed E-state index contributed by atoms with van der Waals surface area (Å²) in [7, 11) is 0. The molecule has 0 fully saturated rings. The third-order valence-corrected chi connectivity index (χ3v) is 6.47. The lowest BCUT2D eigenvalue weighted by Gasteiger charge is -2.19. The van der Waals surface area contributed by atoms with Crippen LogP contribution in [0.2, 0.25) is 0 Å². The van der Waals surface area contributed by atoms with E-state index in [1.54, 1.807) is 31.2 Å². The number of nitrogens with zero attached hydrogens (tertiary/aromatic N) is 3. The second kappa shape index (κ2) is 11.3. The second-order valence-corrected chi connectivity index (χ2v) is 8.85. The Balaban J connectivity index is 1.77. The molecule has 1 amide bonds. The van der Waals surface area contributed by atoms with Crippen LogP contribution in [0.3, 0.4) is 0 Å². The molecule has 4 rings (SSSR count). The number of ketones is 1. The Bertz CT molecular complexity index is 1430. The molecule has 0 atom stereocenters. The van der Waals surface area contributed by atoms with Crippen LogP contribution in [-0.4, -0.2) is 54.9 Å². The molecule has 0 aliphatic rings. The van der Waals surface area contributed by atoms with Gasteiger partial charge in [0.25, 0.3) is 5.91 Å². The molecule has 2 aromatic carbocycles. The van der Waals surface area contributed by atoms with E-state index in [1.165, 1.54) is 28.8 Å². The molecule has 4 aromatic rings. The molecule has 10 heteroatoms. The van der Waals surface area contributed by atoms with Crippen molar-refractivity contribution in [2.75, 3.05) is 13.2 Å². The zero-order valence-corrected chi connectivity index (χ0v) is 21.4. The van der Waals surface area contributed by atoms with Gasteiger partial charge < -0.3 is 25.2 Å². The number of rotatable bonds is 10. The van der Waals surface area contributed by atoms with E-state index < -0.39 is 17.4 Å². The Labute approximate surface area is 219 Å². The smallest absolute Gasteiger partial charge is 0.251 e. The van der Waals surface area contributed by atoms with Crippen molar-refractivity contribution in [2.24, 2.45) is 0 Å². The highest BCUT2D eigenvalue weighted by Gasteiger charge is 2.32. The Morgan fingerprint density at radius 3 is 2.18 bits per heavy atom. The number of carbonyl (C=O) groups is 2. The first-order chi connectivity index (χ1) is 18.3. The normalized spacial score (nSPS) is 11.2. The summed E-state index contributed by atoms with van der Waals surface area (Å²) in [5.41, 5.74) is 2.38. The lowest BCUT2D eigenvalue weighted by molar-refractivity contribution is 0.0943. The van der Waals surface area contributed by atoms with E-state index in [-0.39, 0.29) is 36.1 Å². The van der Waals surface area contributed by atoms with E-state index >= 15 is 0 Å². The molecule has 4 N–H and O–H groups in total. The third kappa shape index (κ3) is 5.03. The monoisotopic (exact) mass is 518 g/mol. The quantitative estimate of drug-likeness (QED) is 0.229. The van der Waals surface area contributed by atoms with Gasteiger partial charge in [0.2, 0.25) is 17.6 Å². The van der Waals surface area contributed by atoms with Gasteiger partial charge in [-0.1, -0.05) is 31.1 Å². The number of aliphatic hydroxyl groups excluding tert-OH is 1. The number of amides is 1. The van der Waals surface area contributed by atoms with Crippen LogP contribution in [0, 0.1) is 6.92 Å². The van der Waals surface area contributed by atoms with Gasteiger partial charge in [0.1, 0.15) is 0 Å². The molecule has 0 aliphatic carbocycles. The molecule has 2 aromatic heterocycles. The van der Waals surface area contributed by atoms with Crippen molar-refractivity contribution >= 4 is 11.7 Å². The number of aliphatic hydroxyl groups is 1. The minimum atomic E-state index is -0.500. The zero-order chi connectivity index (χ0) is 27.4. The van der Waals surface area contributed by atoms with E-state index in [0.29, 0.717) is 47.1 Å². The highest BCUT2D eigenvalue weighted by molar-refractivity contribution is 6.12. The Hall–Kier alpha value is -4.44. The van der Waals surface area contributed by atoms with Gasteiger partial charge in [-0.3, -0.25) is 14.2 Å². The predicted molar refractivity (Wildman–Crippen MR) is 140 cm³/mol. The summed E-state index contributed by atoms with van der Waals surface area (Å²) in [6, 6.07) is 13.1. The van der Waals surface area contributed by atoms with E-state index in [1.807, 2.05) is 13.8 Å². The van der Waals surface area contributed by atoms with Crippen LogP contribution in [0.15, 0.2) is 53.1 Å². The molecule has 0 bridgehead atoms. The molecule has 0 saturated carbocycles. The Kier molecular flexibility index (Phi) is 7.92. The van der Waals surface area contributed by atoms with Gasteiger partial charge in [-0.25, -0.2) is 0 Å². The minimum Gasteiger partial charge on any atom is -0.503 e. The van der Waals surface area contributed by atoms with E-state index in [9.17, 15) is 19.8 Å². The van der Waals surface area contributed by atoms with Gasteiger partial charge in [-0.15, -0.1) is 0 Å². The molecule has 0 aliphatic heterocycles. The predicted octanol–water partition coefficient (Wildman–Crippen LogP) is 4.10. The zero-order valence-electron chi connectivity index (χ0n) is 21.4. The standard InChI is InChI=1S/C28H30N4O6/c1-4-17(5-2)23-22(24(34)18-6-8-20(9-7-18)27(36)29-14-15-33)25(35)28(37)32(23)21-12-10-19(11-13-21)26-30-16(3)38-31-26/h6-13,17,33,35,37H,4-5,14-15H2,1-3H3,(H,29,36). The van der Waals surface area contributed by atoms with Crippen LogP contribution in [0.4, 0.5) is 0 Å². The van der Waals surface area contributed by atoms with Crippen LogP contribution < -0.4 is 5.32 Å². The topological polar surface area (TPSA) is 151 Å². The lowest BCUT2D eigenvalue weighted by Crippen LogP contribution is -2.26. The van der Waals surface area contributed by atoms with Crippen molar-refractivity contribution in [3.63, 3.8) is 0 Å². The highest BCUT2D eigenvalue weighted by atomic mass is 16.5.